The van der Waals surface area contributed by atoms with E-state index in [1.165, 1.54) is 0 Å². The number of rotatable bonds is 4. The molecule has 1 aliphatic heterocycles. The largest absolute Gasteiger partial charge is 0.368 e. The number of hydrogen-bond acceptors (Lipinski definition) is 5. The van der Waals surface area contributed by atoms with E-state index in [-0.39, 0.29) is 10.6 Å². The zero-order valence-electron chi connectivity index (χ0n) is 13.8. The molecule has 2 aromatic rings. The average Bonchev–Trinajstić information content (AvgIpc) is 2.92. The molecule has 0 unspecified atom stereocenters. The van der Waals surface area contributed by atoms with Crippen LogP contribution in [0.2, 0.25) is 5.02 Å². The highest BCUT2D eigenvalue weighted by atomic mass is 35.5. The lowest BCUT2D eigenvalue weighted by Gasteiger charge is -2.36. The summed E-state index contributed by atoms with van der Waals surface area (Å²) in [7, 11) is 1.77. The Labute approximate surface area is 145 Å². The Kier molecular flexibility index (Phi) is 4.62. The maximum atomic E-state index is 11.5. The van der Waals surface area contributed by atoms with Crippen LogP contribution in [-0.2, 0) is 13.5 Å². The second-order valence-electron chi connectivity index (χ2n) is 5.81. The van der Waals surface area contributed by atoms with Gasteiger partial charge in [-0.2, -0.15) is 5.10 Å². The highest BCUT2D eigenvalue weighted by Gasteiger charge is 2.31. The summed E-state index contributed by atoms with van der Waals surface area (Å²) in [6.07, 6.45) is 0.548. The summed E-state index contributed by atoms with van der Waals surface area (Å²) in [4.78, 5) is 15.5. The third-order valence-corrected chi connectivity index (χ3v) is 4.57. The number of aromatic nitrogens is 2. The van der Waals surface area contributed by atoms with Gasteiger partial charge < -0.3 is 9.80 Å². The van der Waals surface area contributed by atoms with Crippen molar-refractivity contribution in [2.24, 2.45) is 7.05 Å². The second-order valence-corrected chi connectivity index (χ2v) is 6.24. The fourth-order valence-electron chi connectivity index (χ4n) is 3.19. The van der Waals surface area contributed by atoms with Crippen molar-refractivity contribution in [3.05, 3.63) is 45.1 Å². The summed E-state index contributed by atoms with van der Waals surface area (Å²) < 4.78 is 1.63. The zero-order valence-corrected chi connectivity index (χ0v) is 14.5. The maximum Gasteiger partial charge on any atom is 0.334 e. The van der Waals surface area contributed by atoms with Gasteiger partial charge in [-0.15, -0.1) is 0 Å². The summed E-state index contributed by atoms with van der Waals surface area (Å²) >= 11 is 6.06. The van der Waals surface area contributed by atoms with Crippen LogP contribution < -0.4 is 9.80 Å². The molecule has 1 aromatic carbocycles. The van der Waals surface area contributed by atoms with E-state index in [9.17, 15) is 10.1 Å². The minimum absolute atomic E-state index is 0.135. The van der Waals surface area contributed by atoms with Crippen LogP contribution in [-0.4, -0.2) is 40.9 Å². The van der Waals surface area contributed by atoms with Crippen LogP contribution in [0.15, 0.2) is 24.3 Å². The normalized spacial score (nSPS) is 15.0. The number of anilines is 2. The predicted molar refractivity (Wildman–Crippen MR) is 95.1 cm³/mol. The summed E-state index contributed by atoms with van der Waals surface area (Å²) in [5.74, 6) is 0.600. The molecule has 0 saturated carbocycles. The van der Waals surface area contributed by atoms with Gasteiger partial charge in [-0.25, -0.2) is 4.68 Å². The highest BCUT2D eigenvalue weighted by molar-refractivity contribution is 6.30. The van der Waals surface area contributed by atoms with Gasteiger partial charge in [-0.05, 0) is 24.6 Å². The van der Waals surface area contributed by atoms with E-state index < -0.39 is 0 Å². The first-order valence-corrected chi connectivity index (χ1v) is 8.34. The highest BCUT2D eigenvalue weighted by Crippen LogP contribution is 2.33. The van der Waals surface area contributed by atoms with E-state index in [4.69, 9.17) is 11.6 Å². The molecule has 0 amide bonds. The first-order valence-electron chi connectivity index (χ1n) is 7.97. The zero-order chi connectivity index (χ0) is 17.3. The van der Waals surface area contributed by atoms with Crippen LogP contribution >= 0.6 is 11.6 Å². The number of piperazine rings is 1. The molecule has 0 N–H and O–H groups in total. The maximum absolute atomic E-state index is 11.5. The molecule has 0 spiro atoms. The fourth-order valence-corrected chi connectivity index (χ4v) is 3.37. The second kappa shape index (κ2) is 6.68. The summed E-state index contributed by atoms with van der Waals surface area (Å²) in [5.41, 5.74) is 1.75. The Morgan fingerprint density at radius 1 is 1.25 bits per heavy atom. The molecule has 0 atom stereocenters. The molecule has 1 aromatic heterocycles. The Balaban J connectivity index is 1.80. The van der Waals surface area contributed by atoms with E-state index in [2.05, 4.69) is 10.00 Å². The van der Waals surface area contributed by atoms with Crippen molar-refractivity contribution in [1.82, 2.24) is 9.78 Å². The van der Waals surface area contributed by atoms with Crippen molar-refractivity contribution < 1.29 is 4.92 Å². The van der Waals surface area contributed by atoms with Gasteiger partial charge in [-0.3, -0.25) is 10.1 Å². The average molecular weight is 350 g/mol. The quantitative estimate of drug-likeness (QED) is 0.627. The molecule has 1 aliphatic rings. The van der Waals surface area contributed by atoms with Crippen LogP contribution in [0.4, 0.5) is 17.2 Å². The van der Waals surface area contributed by atoms with Gasteiger partial charge >= 0.3 is 5.69 Å². The van der Waals surface area contributed by atoms with Crippen LogP contribution in [0.3, 0.4) is 0 Å². The predicted octanol–water partition coefficient (Wildman–Crippen LogP) is 2.87. The molecule has 1 saturated heterocycles. The third-order valence-electron chi connectivity index (χ3n) is 4.33. The molecule has 7 nitrogen and oxygen atoms in total. The number of hydrogen-bond donors (Lipinski definition) is 0. The minimum Gasteiger partial charge on any atom is -0.368 e. The molecule has 24 heavy (non-hydrogen) atoms. The van der Waals surface area contributed by atoms with E-state index in [0.29, 0.717) is 36.0 Å². The van der Waals surface area contributed by atoms with Crippen molar-refractivity contribution in [1.29, 1.82) is 0 Å². The van der Waals surface area contributed by atoms with Crippen molar-refractivity contribution in [2.45, 2.75) is 13.3 Å². The van der Waals surface area contributed by atoms with Gasteiger partial charge in [0.1, 0.15) is 5.69 Å². The molecular formula is C16H20ClN5O2. The van der Waals surface area contributed by atoms with Crippen molar-refractivity contribution in [3.8, 4) is 0 Å². The molecular weight excluding hydrogens is 330 g/mol. The van der Waals surface area contributed by atoms with Gasteiger partial charge in [0.05, 0.1) is 4.92 Å². The third kappa shape index (κ3) is 3.03. The summed E-state index contributed by atoms with van der Waals surface area (Å²) in [6, 6.07) is 7.76. The van der Waals surface area contributed by atoms with E-state index in [0.717, 1.165) is 18.8 Å². The monoisotopic (exact) mass is 349 g/mol. The number of nitrogens with zero attached hydrogens (tertiary/aromatic N) is 5. The number of nitro groups is 1. The molecule has 0 aliphatic carbocycles. The topological polar surface area (TPSA) is 67.4 Å². The van der Waals surface area contributed by atoms with Gasteiger partial charge in [0.2, 0.25) is 5.82 Å². The van der Waals surface area contributed by atoms with Gasteiger partial charge in [0.25, 0.3) is 0 Å². The van der Waals surface area contributed by atoms with E-state index >= 15 is 0 Å². The van der Waals surface area contributed by atoms with Gasteiger partial charge in [0, 0.05) is 43.9 Å². The van der Waals surface area contributed by atoms with Crippen molar-refractivity contribution in [2.75, 3.05) is 36.0 Å². The number of aryl methyl sites for hydroxylation is 2. The van der Waals surface area contributed by atoms with Crippen LogP contribution in [0.25, 0.3) is 0 Å². The first-order chi connectivity index (χ1) is 11.5. The minimum atomic E-state index is -0.315. The van der Waals surface area contributed by atoms with Crippen LogP contribution in [0.5, 0.6) is 0 Å². The number of benzene rings is 1. The summed E-state index contributed by atoms with van der Waals surface area (Å²) in [5, 5.41) is 16.5. The summed E-state index contributed by atoms with van der Waals surface area (Å²) in [6.45, 7) is 4.86. The van der Waals surface area contributed by atoms with E-state index in [1.54, 1.807) is 11.7 Å². The van der Waals surface area contributed by atoms with Gasteiger partial charge in [0.15, 0.2) is 0 Å². The number of halogens is 1. The molecule has 128 valence electrons. The Hall–Kier alpha value is -2.28. The molecule has 0 bridgehead atoms. The fraction of sp³-hybridized carbons (Fsp3) is 0.438. The van der Waals surface area contributed by atoms with E-state index in [1.807, 2.05) is 36.1 Å². The smallest absolute Gasteiger partial charge is 0.334 e. The molecule has 2 heterocycles. The molecule has 0 radical (unpaired) electrons. The Morgan fingerprint density at radius 3 is 2.50 bits per heavy atom. The Morgan fingerprint density at radius 2 is 1.92 bits per heavy atom. The van der Waals surface area contributed by atoms with Gasteiger partial charge in [-0.1, -0.05) is 24.6 Å². The van der Waals surface area contributed by atoms with Crippen LogP contribution in [0.1, 0.15) is 12.6 Å². The molecule has 1 fully saturated rings. The Bertz CT molecular complexity index is 753. The van der Waals surface area contributed by atoms with Crippen molar-refractivity contribution >= 4 is 28.8 Å². The van der Waals surface area contributed by atoms with Crippen LogP contribution in [0, 0.1) is 10.1 Å². The molecule has 8 heteroatoms. The molecule has 3 rings (SSSR count). The lowest BCUT2D eigenvalue weighted by Crippen LogP contribution is -2.47. The lowest BCUT2D eigenvalue weighted by atomic mass is 10.2. The SMILES string of the molecule is CCc1nn(C)c(N2CCN(c3cccc(Cl)c3)CC2)c1[N+](=O)[O-]. The van der Waals surface area contributed by atoms with Crippen molar-refractivity contribution in [3.63, 3.8) is 0 Å². The first kappa shape index (κ1) is 16.6. The lowest BCUT2D eigenvalue weighted by molar-refractivity contribution is -0.384. The standard InChI is InChI=1S/C16H20ClN5O2/c1-3-14-15(22(23)24)16(19(2)18-14)21-9-7-20(8-10-21)13-6-4-5-12(17)11-13/h4-6,11H,3,7-10H2,1-2H3.